The fourth-order valence-electron chi connectivity index (χ4n) is 0.509. The van der Waals surface area contributed by atoms with Gasteiger partial charge in [0.25, 0.3) is 0 Å². The quantitative estimate of drug-likeness (QED) is 0.504. The summed E-state index contributed by atoms with van der Waals surface area (Å²) in [6.45, 7) is 2.95. The van der Waals surface area contributed by atoms with Crippen molar-refractivity contribution in [3.8, 4) is 0 Å². The predicted octanol–water partition coefficient (Wildman–Crippen LogP) is 0.158. The first-order chi connectivity index (χ1) is 3.33. The zero-order valence-electron chi connectivity index (χ0n) is 4.48. The first-order valence-corrected chi connectivity index (χ1v) is 2.58. The molecule has 1 saturated heterocycles. The lowest BCUT2D eigenvalue weighted by molar-refractivity contribution is 0.168. The van der Waals surface area contributed by atoms with Gasteiger partial charge in [-0.2, -0.15) is 0 Å². The Balaban J connectivity index is 2.28. The molecule has 0 bridgehead atoms. The van der Waals surface area contributed by atoms with Gasteiger partial charge in [0.1, 0.15) is 5.60 Å². The number of epoxide rings is 1. The number of rotatable bonds is 2. The maximum Gasteiger partial charge on any atom is 0.114 e. The van der Waals surface area contributed by atoms with Crippen LogP contribution in [-0.2, 0) is 4.74 Å². The molecule has 0 spiro atoms. The zero-order chi connectivity index (χ0) is 5.33. The van der Waals surface area contributed by atoms with Gasteiger partial charge in [-0.1, -0.05) is 6.92 Å². The molecule has 1 N–H and O–H groups in total. The molecule has 0 aromatic heterocycles. The van der Waals surface area contributed by atoms with E-state index in [2.05, 4.69) is 0 Å². The van der Waals surface area contributed by atoms with E-state index < -0.39 is 0 Å². The topological polar surface area (TPSA) is 32.8 Å². The van der Waals surface area contributed by atoms with E-state index in [9.17, 15) is 0 Å². The third-order valence-electron chi connectivity index (χ3n) is 1.49. The van der Waals surface area contributed by atoms with Crippen molar-refractivity contribution >= 4 is 0 Å². The summed E-state index contributed by atoms with van der Waals surface area (Å²) in [5, 5.41) is 8.53. The molecule has 1 atom stereocenters. The first-order valence-electron chi connectivity index (χ1n) is 2.58. The lowest BCUT2D eigenvalue weighted by Gasteiger charge is -1.99. The molecule has 0 amide bonds. The van der Waals surface area contributed by atoms with Crippen LogP contribution in [0.3, 0.4) is 0 Å². The van der Waals surface area contributed by atoms with Gasteiger partial charge in [0.2, 0.25) is 0 Å². The van der Waals surface area contributed by atoms with Crippen LogP contribution in [0.4, 0.5) is 0 Å². The summed E-state index contributed by atoms with van der Waals surface area (Å²) in [5.74, 6) is 0. The fraction of sp³-hybridized carbons (Fsp3) is 1.00. The average Bonchev–Trinajstić information content (AvgIpc) is 2.46. The Morgan fingerprint density at radius 3 is 2.43 bits per heavy atom. The molecule has 1 fully saturated rings. The van der Waals surface area contributed by atoms with E-state index in [0.29, 0.717) is 0 Å². The lowest BCUT2D eigenvalue weighted by atomic mass is 10.1. The van der Waals surface area contributed by atoms with E-state index in [1.807, 2.05) is 6.92 Å². The third-order valence-corrected chi connectivity index (χ3v) is 1.49. The largest absolute Gasteiger partial charge is 0.393 e. The zero-order valence-corrected chi connectivity index (χ0v) is 4.48. The van der Waals surface area contributed by atoms with E-state index in [0.717, 1.165) is 13.0 Å². The summed E-state index contributed by atoms with van der Waals surface area (Å²) >= 11 is 0. The Labute approximate surface area is 43.1 Å². The number of aliphatic hydroxyl groups excluding tert-OH is 1. The van der Waals surface area contributed by atoms with E-state index >= 15 is 0 Å². The Morgan fingerprint density at radius 2 is 2.43 bits per heavy atom. The van der Waals surface area contributed by atoms with E-state index in [1.54, 1.807) is 0 Å². The summed E-state index contributed by atoms with van der Waals surface area (Å²) < 4.78 is 4.94. The summed E-state index contributed by atoms with van der Waals surface area (Å²) in [4.78, 5) is 0. The molecule has 7 heavy (non-hydrogen) atoms. The fourth-order valence-corrected chi connectivity index (χ4v) is 0.509. The minimum Gasteiger partial charge on any atom is -0.393 e. The van der Waals surface area contributed by atoms with Crippen LogP contribution in [0.15, 0.2) is 0 Å². The second kappa shape index (κ2) is 1.46. The van der Waals surface area contributed by atoms with Gasteiger partial charge in [-0.25, -0.2) is 0 Å². The summed E-state index contributed by atoms with van der Waals surface area (Å²) in [7, 11) is 0. The average molecular weight is 102 g/mol. The van der Waals surface area contributed by atoms with Crippen LogP contribution < -0.4 is 0 Å². The molecule has 0 aromatic rings. The highest BCUT2D eigenvalue weighted by molar-refractivity contribution is 4.89. The van der Waals surface area contributed by atoms with Gasteiger partial charge in [-0.05, 0) is 6.42 Å². The molecule has 1 aliphatic heterocycles. The number of hydrogen-bond donors (Lipinski definition) is 1. The van der Waals surface area contributed by atoms with Gasteiger partial charge in [-0.3, -0.25) is 0 Å². The molecule has 1 heterocycles. The molecular formula is C5H10O2. The van der Waals surface area contributed by atoms with E-state index in [4.69, 9.17) is 9.84 Å². The smallest absolute Gasteiger partial charge is 0.114 e. The lowest BCUT2D eigenvalue weighted by Crippen LogP contribution is -2.13. The Hall–Kier alpha value is -0.0800. The van der Waals surface area contributed by atoms with Crippen LogP contribution in [-0.4, -0.2) is 23.9 Å². The van der Waals surface area contributed by atoms with E-state index in [-0.39, 0.29) is 12.2 Å². The molecule has 0 saturated carbocycles. The normalized spacial score (nSPS) is 38.6. The molecule has 42 valence electrons. The molecule has 0 aromatic carbocycles. The monoisotopic (exact) mass is 102 g/mol. The standard InChI is InChI=1S/C5H10O2/c1-2-5(3-6)4-7-5/h6H,2-4H2,1H3/t5-/m1/s1. The Kier molecular flexibility index (Phi) is 1.05. The Bertz CT molecular complexity index is 60.5. The molecule has 2 heteroatoms. The molecule has 1 rings (SSSR count). The summed E-state index contributed by atoms with van der Waals surface area (Å²) in [6.07, 6.45) is 0.934. The highest BCUT2D eigenvalue weighted by Crippen LogP contribution is 2.28. The molecule has 0 aliphatic carbocycles. The van der Waals surface area contributed by atoms with Gasteiger partial charge >= 0.3 is 0 Å². The SMILES string of the molecule is CC[C@@]1(CO)CO1. The van der Waals surface area contributed by atoms with Crippen molar-refractivity contribution in [2.45, 2.75) is 18.9 Å². The first kappa shape index (κ1) is 5.06. The van der Waals surface area contributed by atoms with E-state index in [1.165, 1.54) is 0 Å². The van der Waals surface area contributed by atoms with Gasteiger partial charge < -0.3 is 9.84 Å². The second-order valence-electron chi connectivity index (χ2n) is 1.98. The minimum atomic E-state index is -0.111. The molecule has 0 unspecified atom stereocenters. The van der Waals surface area contributed by atoms with Crippen molar-refractivity contribution < 1.29 is 9.84 Å². The van der Waals surface area contributed by atoms with Crippen molar-refractivity contribution in [2.24, 2.45) is 0 Å². The van der Waals surface area contributed by atoms with Crippen LogP contribution in [0, 0.1) is 0 Å². The Morgan fingerprint density at radius 1 is 1.86 bits per heavy atom. The third kappa shape index (κ3) is 0.763. The maximum atomic E-state index is 8.53. The highest BCUT2D eigenvalue weighted by Gasteiger charge is 2.41. The highest BCUT2D eigenvalue weighted by atomic mass is 16.6. The molecular weight excluding hydrogens is 92.1 g/mol. The number of ether oxygens (including phenoxy) is 1. The molecule has 0 radical (unpaired) electrons. The van der Waals surface area contributed by atoms with Crippen molar-refractivity contribution in [3.05, 3.63) is 0 Å². The van der Waals surface area contributed by atoms with Gasteiger partial charge in [-0.15, -0.1) is 0 Å². The maximum absolute atomic E-state index is 8.53. The van der Waals surface area contributed by atoms with Gasteiger partial charge in [0, 0.05) is 0 Å². The van der Waals surface area contributed by atoms with Crippen LogP contribution in [0.5, 0.6) is 0 Å². The van der Waals surface area contributed by atoms with Crippen molar-refractivity contribution in [1.82, 2.24) is 0 Å². The molecule has 2 nitrogen and oxygen atoms in total. The van der Waals surface area contributed by atoms with Crippen LogP contribution >= 0.6 is 0 Å². The van der Waals surface area contributed by atoms with Gasteiger partial charge in [0.15, 0.2) is 0 Å². The van der Waals surface area contributed by atoms with Crippen LogP contribution in [0.2, 0.25) is 0 Å². The van der Waals surface area contributed by atoms with Crippen LogP contribution in [0.1, 0.15) is 13.3 Å². The summed E-state index contributed by atoms with van der Waals surface area (Å²) in [6, 6.07) is 0. The predicted molar refractivity (Wildman–Crippen MR) is 26.1 cm³/mol. The second-order valence-corrected chi connectivity index (χ2v) is 1.98. The number of aliphatic hydroxyl groups is 1. The molecule has 1 aliphatic rings. The van der Waals surface area contributed by atoms with Crippen molar-refractivity contribution in [1.29, 1.82) is 0 Å². The number of hydrogen-bond acceptors (Lipinski definition) is 2. The van der Waals surface area contributed by atoms with Crippen LogP contribution in [0.25, 0.3) is 0 Å². The van der Waals surface area contributed by atoms with Crippen molar-refractivity contribution in [2.75, 3.05) is 13.2 Å². The minimum absolute atomic E-state index is 0.111. The summed E-state index contributed by atoms with van der Waals surface area (Å²) in [5.41, 5.74) is -0.111. The van der Waals surface area contributed by atoms with Gasteiger partial charge in [0.05, 0.1) is 13.2 Å². The van der Waals surface area contributed by atoms with Crippen molar-refractivity contribution in [3.63, 3.8) is 0 Å².